The maximum atomic E-state index is 12.8. The molecule has 1 aliphatic heterocycles. The summed E-state index contributed by atoms with van der Waals surface area (Å²) in [5.41, 5.74) is 0. The summed E-state index contributed by atoms with van der Waals surface area (Å²) < 4.78 is 4.71. The number of methoxy groups -OCH3 is 1. The highest BCUT2D eigenvalue weighted by atomic mass is 32.1. The van der Waals surface area contributed by atoms with Gasteiger partial charge in [0.15, 0.2) is 0 Å². The van der Waals surface area contributed by atoms with Gasteiger partial charge in [-0.25, -0.2) is 4.79 Å². The van der Waals surface area contributed by atoms with Crippen LogP contribution in [-0.2, 0) is 4.74 Å². The maximum absolute atomic E-state index is 12.8. The van der Waals surface area contributed by atoms with Crippen molar-refractivity contribution in [2.75, 3.05) is 13.7 Å². The van der Waals surface area contributed by atoms with E-state index in [2.05, 4.69) is 4.90 Å². The molecule has 2 unspecified atom stereocenters. The minimum absolute atomic E-state index is 0.0896. The molecule has 1 amide bonds. The summed E-state index contributed by atoms with van der Waals surface area (Å²) in [7, 11) is 1.36. The van der Waals surface area contributed by atoms with Crippen LogP contribution in [0.1, 0.15) is 57.9 Å². The lowest BCUT2D eigenvalue weighted by Gasteiger charge is -2.44. The number of thiophene rings is 1. The van der Waals surface area contributed by atoms with Crippen LogP contribution in [0, 0.1) is 5.92 Å². The van der Waals surface area contributed by atoms with Gasteiger partial charge in [0.25, 0.3) is 5.91 Å². The third kappa shape index (κ3) is 2.84. The van der Waals surface area contributed by atoms with Crippen molar-refractivity contribution in [2.45, 2.75) is 44.6 Å². The number of piperidine rings is 1. The molecule has 0 bridgehead atoms. The second-order valence-electron chi connectivity index (χ2n) is 5.91. The normalized spacial score (nSPS) is 25.3. The molecule has 5 heteroatoms. The minimum Gasteiger partial charge on any atom is -0.465 e. The summed E-state index contributed by atoms with van der Waals surface area (Å²) in [6, 6.07) is 3.85. The Balaban J connectivity index is 1.77. The monoisotopic (exact) mass is 307 g/mol. The lowest BCUT2D eigenvalue weighted by Crippen LogP contribution is -2.49. The fourth-order valence-corrected chi connectivity index (χ4v) is 4.56. The van der Waals surface area contributed by atoms with Crippen molar-refractivity contribution in [3.63, 3.8) is 0 Å². The molecule has 2 aliphatic rings. The van der Waals surface area contributed by atoms with Crippen molar-refractivity contribution in [2.24, 2.45) is 5.92 Å². The minimum atomic E-state index is -0.367. The largest absolute Gasteiger partial charge is 0.465 e. The maximum Gasteiger partial charge on any atom is 0.348 e. The molecule has 0 N–H and O–H groups in total. The van der Waals surface area contributed by atoms with Crippen LogP contribution in [0.5, 0.6) is 0 Å². The Hall–Kier alpha value is -1.36. The van der Waals surface area contributed by atoms with E-state index < -0.39 is 0 Å². The first-order valence-corrected chi connectivity index (χ1v) is 8.51. The third-order valence-electron chi connectivity index (χ3n) is 4.71. The van der Waals surface area contributed by atoms with E-state index in [1.54, 1.807) is 12.1 Å². The molecular weight excluding hydrogens is 286 g/mol. The molecular formula is C16H21NO3S. The second kappa shape index (κ2) is 6.18. The molecule has 0 radical (unpaired) electrons. The van der Waals surface area contributed by atoms with Crippen molar-refractivity contribution in [1.29, 1.82) is 0 Å². The number of nitrogens with zero attached hydrogens (tertiary/aromatic N) is 1. The van der Waals surface area contributed by atoms with Gasteiger partial charge in [-0.1, -0.05) is 12.8 Å². The Bertz CT molecular complexity index is 537. The van der Waals surface area contributed by atoms with Gasteiger partial charge < -0.3 is 9.64 Å². The molecule has 1 aromatic heterocycles. The lowest BCUT2D eigenvalue weighted by atomic mass is 9.78. The van der Waals surface area contributed by atoms with Gasteiger partial charge in [-0.2, -0.15) is 0 Å². The molecule has 2 fully saturated rings. The predicted molar refractivity (Wildman–Crippen MR) is 81.7 cm³/mol. The van der Waals surface area contributed by atoms with Crippen molar-refractivity contribution >= 4 is 23.2 Å². The number of amides is 1. The molecule has 114 valence electrons. The zero-order valence-electron chi connectivity index (χ0n) is 12.3. The molecule has 0 aromatic carbocycles. The Morgan fingerprint density at radius 1 is 1.14 bits per heavy atom. The zero-order chi connectivity index (χ0) is 14.8. The Morgan fingerprint density at radius 2 is 1.86 bits per heavy atom. The van der Waals surface area contributed by atoms with E-state index >= 15 is 0 Å². The lowest BCUT2D eigenvalue weighted by molar-refractivity contribution is 0.0395. The highest BCUT2D eigenvalue weighted by Crippen LogP contribution is 2.36. The smallest absolute Gasteiger partial charge is 0.348 e. The molecule has 4 nitrogen and oxygen atoms in total. The Morgan fingerprint density at radius 3 is 2.67 bits per heavy atom. The first-order chi connectivity index (χ1) is 10.2. The average Bonchev–Trinajstić information content (AvgIpc) is 3.03. The zero-order valence-corrected chi connectivity index (χ0v) is 13.2. The van der Waals surface area contributed by atoms with Crippen LogP contribution in [0.25, 0.3) is 0 Å². The second-order valence-corrected chi connectivity index (χ2v) is 6.99. The van der Waals surface area contributed by atoms with Crippen molar-refractivity contribution in [1.82, 2.24) is 4.90 Å². The summed E-state index contributed by atoms with van der Waals surface area (Å²) >= 11 is 1.24. The fraction of sp³-hybridized carbons (Fsp3) is 0.625. The van der Waals surface area contributed by atoms with Gasteiger partial charge >= 0.3 is 5.97 Å². The van der Waals surface area contributed by atoms with Gasteiger partial charge in [-0.05, 0) is 43.7 Å². The molecule has 1 aliphatic carbocycles. The van der Waals surface area contributed by atoms with Crippen molar-refractivity contribution in [3.8, 4) is 0 Å². The molecule has 1 saturated carbocycles. The summed E-state index contributed by atoms with van der Waals surface area (Å²) in [5.74, 6) is 0.400. The highest BCUT2D eigenvalue weighted by molar-refractivity contribution is 7.15. The van der Waals surface area contributed by atoms with Gasteiger partial charge in [0, 0.05) is 12.6 Å². The molecule has 21 heavy (non-hydrogen) atoms. The molecule has 2 heterocycles. The van der Waals surface area contributed by atoms with Gasteiger partial charge in [0.05, 0.1) is 12.0 Å². The Labute approximate surface area is 129 Å². The molecule has 3 rings (SSSR count). The van der Waals surface area contributed by atoms with Crippen molar-refractivity contribution in [3.05, 3.63) is 21.9 Å². The van der Waals surface area contributed by atoms with E-state index in [0.717, 1.165) is 19.4 Å². The van der Waals surface area contributed by atoms with Crippen LogP contribution < -0.4 is 0 Å². The van der Waals surface area contributed by atoms with Gasteiger partial charge in [0.2, 0.25) is 0 Å². The molecule has 2 atom stereocenters. The number of carbonyl (C=O) groups is 2. The van der Waals surface area contributed by atoms with Crippen LogP contribution >= 0.6 is 11.3 Å². The number of hydrogen-bond acceptors (Lipinski definition) is 4. The number of likely N-dealkylation sites (tertiary alicyclic amines) is 1. The van der Waals surface area contributed by atoms with E-state index in [-0.39, 0.29) is 11.9 Å². The quantitative estimate of drug-likeness (QED) is 0.787. The molecule has 0 spiro atoms. The summed E-state index contributed by atoms with van der Waals surface area (Å²) in [4.78, 5) is 27.5. The van der Waals surface area contributed by atoms with Crippen LogP contribution in [-0.4, -0.2) is 36.5 Å². The molecule has 1 aromatic rings. The van der Waals surface area contributed by atoms with Gasteiger partial charge in [-0.3, -0.25) is 4.79 Å². The summed E-state index contributed by atoms with van der Waals surface area (Å²) in [6.45, 7) is 0.853. The van der Waals surface area contributed by atoms with Crippen LogP contribution in [0.4, 0.5) is 0 Å². The standard InChI is InChI=1S/C16H21NO3S/c1-20-16(19)14-9-8-13(21-14)15(18)17-10-4-6-11-5-2-3-7-12(11)17/h8-9,11-12H,2-7,10H2,1H3. The summed E-state index contributed by atoms with van der Waals surface area (Å²) in [5, 5.41) is 0. The topological polar surface area (TPSA) is 46.6 Å². The first kappa shape index (κ1) is 14.6. The number of hydrogen-bond donors (Lipinski definition) is 0. The van der Waals surface area contributed by atoms with E-state index in [4.69, 9.17) is 4.74 Å². The number of rotatable bonds is 2. The van der Waals surface area contributed by atoms with E-state index in [0.29, 0.717) is 21.7 Å². The average molecular weight is 307 g/mol. The Kier molecular flexibility index (Phi) is 4.29. The SMILES string of the molecule is COC(=O)c1ccc(C(=O)N2CCCC3CCCCC32)s1. The number of ether oxygens (including phenoxy) is 1. The highest BCUT2D eigenvalue weighted by Gasteiger charge is 2.36. The van der Waals surface area contributed by atoms with E-state index in [1.807, 2.05) is 0 Å². The number of esters is 1. The summed E-state index contributed by atoms with van der Waals surface area (Å²) in [6.07, 6.45) is 7.27. The predicted octanol–water partition coefficient (Wildman–Crippen LogP) is 3.33. The first-order valence-electron chi connectivity index (χ1n) is 7.70. The van der Waals surface area contributed by atoms with Gasteiger partial charge in [-0.15, -0.1) is 11.3 Å². The van der Waals surface area contributed by atoms with Crippen molar-refractivity contribution < 1.29 is 14.3 Å². The fourth-order valence-electron chi connectivity index (χ4n) is 3.68. The van der Waals surface area contributed by atoms with Gasteiger partial charge in [0.1, 0.15) is 4.88 Å². The van der Waals surface area contributed by atoms with E-state index in [1.165, 1.54) is 44.1 Å². The van der Waals surface area contributed by atoms with Crippen LogP contribution in [0.3, 0.4) is 0 Å². The number of fused-ring (bicyclic) bond motifs is 1. The number of carbonyl (C=O) groups excluding carboxylic acids is 2. The third-order valence-corrected chi connectivity index (χ3v) is 5.76. The van der Waals surface area contributed by atoms with Crippen LogP contribution in [0.15, 0.2) is 12.1 Å². The molecule has 1 saturated heterocycles. The van der Waals surface area contributed by atoms with E-state index in [9.17, 15) is 9.59 Å². The van der Waals surface area contributed by atoms with Crippen LogP contribution in [0.2, 0.25) is 0 Å².